The maximum Gasteiger partial charge on any atom is 0.394 e. The lowest BCUT2D eigenvalue weighted by Crippen LogP contribution is -2.45. The molecule has 7 nitrogen and oxygen atoms in total. The van der Waals surface area contributed by atoms with Crippen molar-refractivity contribution in [2.45, 2.75) is 37.6 Å². The molecule has 1 aliphatic rings. The molecule has 2 heterocycles. The average molecular weight is 528 g/mol. The summed E-state index contributed by atoms with van der Waals surface area (Å²) in [4.78, 5) is 26.6. The molecule has 1 aromatic carbocycles. The van der Waals surface area contributed by atoms with E-state index in [9.17, 15) is 27.9 Å². The fourth-order valence-corrected chi connectivity index (χ4v) is 4.59. The molecule has 3 N–H and O–H groups in total. The van der Waals surface area contributed by atoms with Crippen LogP contribution in [0.25, 0.3) is 0 Å². The number of ether oxygens (including phenoxy) is 1. The lowest BCUT2D eigenvalue weighted by molar-refractivity contribution is -0.127. The van der Waals surface area contributed by atoms with Crippen LogP contribution in [0.3, 0.4) is 0 Å². The van der Waals surface area contributed by atoms with Crippen molar-refractivity contribution < 1.29 is 27.8 Å². The predicted molar refractivity (Wildman–Crippen MR) is 120 cm³/mol. The smallest absolute Gasteiger partial charge is 0.394 e. The molecule has 0 saturated carbocycles. The third-order valence-electron chi connectivity index (χ3n) is 5.02. The van der Waals surface area contributed by atoms with Crippen LogP contribution < -0.4 is 14.9 Å². The quantitative estimate of drug-likeness (QED) is 0.488. The first kappa shape index (κ1) is 25.8. The van der Waals surface area contributed by atoms with E-state index < -0.39 is 35.2 Å². The number of nitrogens with zero attached hydrogens (tertiary/aromatic N) is 1. The Morgan fingerprint density at radius 1 is 1.33 bits per heavy atom. The minimum Gasteiger partial charge on any atom is -0.489 e. The second-order valence-corrected chi connectivity index (χ2v) is 9.42. The van der Waals surface area contributed by atoms with Crippen LogP contribution in [0.1, 0.15) is 28.2 Å². The summed E-state index contributed by atoms with van der Waals surface area (Å²) in [5, 5.41) is 13.4. The first-order valence-corrected chi connectivity index (χ1v) is 11.7. The number of piperidine rings is 1. The lowest BCUT2D eigenvalue weighted by Gasteiger charge is -2.33. The second-order valence-electron chi connectivity index (χ2n) is 7.65. The van der Waals surface area contributed by atoms with Crippen LogP contribution in [-0.4, -0.2) is 65.5 Å². The largest absolute Gasteiger partial charge is 0.489 e. The number of rotatable bonds is 8. The highest BCUT2D eigenvalue weighted by Gasteiger charge is 2.32. The van der Waals surface area contributed by atoms with Gasteiger partial charge in [-0.1, -0.05) is 40.6 Å². The van der Waals surface area contributed by atoms with E-state index in [1.54, 1.807) is 18.2 Å². The Hall–Kier alpha value is -1.79. The van der Waals surface area contributed by atoms with Crippen molar-refractivity contribution in [3.05, 3.63) is 48.5 Å². The Morgan fingerprint density at radius 2 is 2.03 bits per heavy atom. The Kier molecular flexibility index (Phi) is 8.68. The maximum atomic E-state index is 12.6. The number of halogens is 5. The number of hydrogen-bond donors (Lipinski definition) is 3. The van der Waals surface area contributed by atoms with Gasteiger partial charge in [0.2, 0.25) is 0 Å². The zero-order valence-electron chi connectivity index (χ0n) is 17.3. The topological polar surface area (TPSA) is 94.7 Å². The number of β-amino-alcohol motifs (C(OH)–C–C–N with tert-alkyl or cyclic N) is 1. The number of nitrogens with one attached hydrogen (secondary N) is 2. The molecular weight excluding hydrogens is 506 g/mol. The van der Waals surface area contributed by atoms with Gasteiger partial charge in [0.05, 0.1) is 23.2 Å². The van der Waals surface area contributed by atoms with Crippen molar-refractivity contribution in [1.82, 2.24) is 15.2 Å². The van der Waals surface area contributed by atoms with Gasteiger partial charge in [0.25, 0.3) is 5.91 Å². The normalized spacial score (nSPS) is 16.5. The monoisotopic (exact) mass is 527 g/mol. The minimum absolute atomic E-state index is 0.0579. The number of thiazole rings is 1. The summed E-state index contributed by atoms with van der Waals surface area (Å²) in [5.74, 6) is -0.315. The summed E-state index contributed by atoms with van der Waals surface area (Å²) in [6.45, 7) is 1.39. The first-order valence-electron chi connectivity index (χ1n) is 10.1. The van der Waals surface area contributed by atoms with E-state index in [0.29, 0.717) is 53.1 Å². The molecule has 0 unspecified atom stereocenters. The van der Waals surface area contributed by atoms with Gasteiger partial charge in [0.1, 0.15) is 21.8 Å². The Labute approximate surface area is 201 Å². The minimum atomic E-state index is -4.56. The van der Waals surface area contributed by atoms with Crippen LogP contribution in [0, 0.1) is 0 Å². The van der Waals surface area contributed by atoms with Crippen LogP contribution in [0.2, 0.25) is 10.0 Å². The third kappa shape index (κ3) is 7.61. The molecule has 182 valence electrons. The predicted octanol–water partition coefficient (Wildman–Crippen LogP) is 3.48. The number of H-pyrrole nitrogens is 1. The molecule has 1 saturated heterocycles. The number of carbonyl (C=O) groups is 1. The van der Waals surface area contributed by atoms with Gasteiger partial charge in [-0.05, 0) is 25.0 Å². The fourth-order valence-electron chi connectivity index (χ4n) is 3.49. The zero-order chi connectivity index (χ0) is 24.2. The van der Waals surface area contributed by atoms with Crippen LogP contribution in [-0.2, 0) is 6.42 Å². The Balaban J connectivity index is 1.44. The molecule has 1 fully saturated rings. The van der Waals surface area contributed by atoms with E-state index in [0.717, 1.165) is 0 Å². The molecule has 0 radical (unpaired) electrons. The van der Waals surface area contributed by atoms with Crippen LogP contribution in [0.5, 0.6) is 5.75 Å². The maximum absolute atomic E-state index is 12.6. The molecule has 1 aliphatic heterocycles. The number of aliphatic hydroxyl groups is 1. The van der Waals surface area contributed by atoms with Crippen LogP contribution in [0.15, 0.2) is 23.0 Å². The highest BCUT2D eigenvalue weighted by molar-refractivity contribution is 7.11. The van der Waals surface area contributed by atoms with E-state index >= 15 is 0 Å². The van der Waals surface area contributed by atoms with E-state index in [1.165, 1.54) is 0 Å². The molecular formula is C20H22Cl2F3N3O4S. The number of aromatic amines is 1. The van der Waals surface area contributed by atoms with Crippen molar-refractivity contribution in [3.63, 3.8) is 0 Å². The number of aromatic nitrogens is 1. The molecule has 0 aliphatic carbocycles. The zero-order valence-corrected chi connectivity index (χ0v) is 19.6. The summed E-state index contributed by atoms with van der Waals surface area (Å²) in [5.41, 5.74) is -0.480. The molecule has 1 aromatic heterocycles. The highest BCUT2D eigenvalue weighted by atomic mass is 35.5. The lowest BCUT2D eigenvalue weighted by atomic mass is 10.1. The molecule has 0 bridgehead atoms. The van der Waals surface area contributed by atoms with Crippen molar-refractivity contribution in [2.75, 3.05) is 26.2 Å². The van der Waals surface area contributed by atoms with Gasteiger partial charge in [0.15, 0.2) is 0 Å². The van der Waals surface area contributed by atoms with Crippen molar-refractivity contribution in [2.24, 2.45) is 0 Å². The standard InChI is InChI=1S/C20H22Cl2F3N3O4S/c21-13-2-1-3-15(16(13)22)32-12-4-6-28(7-5-12)10-11(29)9-26-18(30)17-14(8-20(23,24)25)27-19(31)33-17/h1-3,11-12,29H,4-10H2,(H,26,30)(H,27,31)/t11-/m1/s1. The van der Waals surface area contributed by atoms with Gasteiger partial charge < -0.3 is 25.0 Å². The summed E-state index contributed by atoms with van der Waals surface area (Å²) < 4.78 is 43.8. The van der Waals surface area contributed by atoms with Gasteiger partial charge in [-0.3, -0.25) is 9.59 Å². The van der Waals surface area contributed by atoms with Crippen LogP contribution in [0.4, 0.5) is 13.2 Å². The van der Waals surface area contributed by atoms with Crippen LogP contribution >= 0.6 is 34.5 Å². The molecule has 1 amide bonds. The average Bonchev–Trinajstić information content (AvgIpc) is 3.09. The van der Waals surface area contributed by atoms with Crippen molar-refractivity contribution >= 4 is 40.4 Å². The van der Waals surface area contributed by atoms with E-state index in [4.69, 9.17) is 27.9 Å². The number of likely N-dealkylation sites (tertiary alicyclic amines) is 1. The van der Waals surface area contributed by atoms with E-state index in [-0.39, 0.29) is 24.1 Å². The van der Waals surface area contributed by atoms with Crippen molar-refractivity contribution in [1.29, 1.82) is 0 Å². The second kappa shape index (κ2) is 11.1. The number of aliphatic hydroxyl groups excluding tert-OH is 1. The molecule has 33 heavy (non-hydrogen) atoms. The Morgan fingerprint density at radius 3 is 2.70 bits per heavy atom. The first-order chi connectivity index (χ1) is 15.5. The van der Waals surface area contributed by atoms with Gasteiger partial charge in [0, 0.05) is 26.2 Å². The molecule has 13 heteroatoms. The summed E-state index contributed by atoms with van der Waals surface area (Å²) in [6, 6.07) is 5.17. The third-order valence-corrected chi connectivity index (χ3v) is 6.74. The molecule has 0 spiro atoms. The summed E-state index contributed by atoms with van der Waals surface area (Å²) in [6.07, 6.45) is -5.57. The number of benzene rings is 1. The van der Waals surface area contributed by atoms with Crippen molar-refractivity contribution in [3.8, 4) is 5.75 Å². The highest BCUT2D eigenvalue weighted by Crippen LogP contribution is 2.33. The number of amides is 1. The van der Waals surface area contributed by atoms with E-state index in [2.05, 4.69) is 5.32 Å². The van der Waals surface area contributed by atoms with Gasteiger partial charge in [-0.15, -0.1) is 0 Å². The molecule has 3 rings (SSSR count). The van der Waals surface area contributed by atoms with Gasteiger partial charge >= 0.3 is 11.0 Å². The van der Waals surface area contributed by atoms with Gasteiger partial charge in [-0.2, -0.15) is 13.2 Å². The van der Waals surface area contributed by atoms with E-state index in [1.807, 2.05) is 9.88 Å². The molecule has 1 atom stereocenters. The fraction of sp³-hybridized carbons (Fsp3) is 0.500. The van der Waals surface area contributed by atoms with Gasteiger partial charge in [-0.25, -0.2) is 0 Å². The number of hydrogen-bond acceptors (Lipinski definition) is 6. The molecule has 2 aromatic rings. The number of alkyl halides is 3. The summed E-state index contributed by atoms with van der Waals surface area (Å²) in [7, 11) is 0. The number of carbonyl (C=O) groups excluding carboxylic acids is 1. The summed E-state index contributed by atoms with van der Waals surface area (Å²) >= 11 is 12.6. The Bertz CT molecular complexity index is 1020. The SMILES string of the molecule is O=C(NC[C@@H](O)CN1CCC(Oc2cccc(Cl)c2Cl)CC1)c1sc(=O)[nH]c1CC(F)(F)F.